The van der Waals surface area contributed by atoms with Gasteiger partial charge in [-0.1, -0.05) is 6.07 Å². The number of carbonyl (C=O) groups is 4. The zero-order valence-electron chi connectivity index (χ0n) is 12.7. The molecule has 0 saturated carbocycles. The first-order valence-electron chi connectivity index (χ1n) is 6.88. The van der Waals surface area contributed by atoms with Crippen LogP contribution in [0.2, 0.25) is 0 Å². The molecule has 0 atom stereocenters. The number of ether oxygens (including phenoxy) is 1. The molecule has 0 aliphatic heterocycles. The molecule has 1 heterocycles. The minimum absolute atomic E-state index is 0.224. The second-order valence-corrected chi connectivity index (χ2v) is 5.64. The lowest BCUT2D eigenvalue weighted by atomic mass is 10.2. The second-order valence-electron chi connectivity index (χ2n) is 4.69. The van der Waals surface area contributed by atoms with Crippen molar-refractivity contribution in [2.45, 2.75) is 6.92 Å². The summed E-state index contributed by atoms with van der Waals surface area (Å²) in [5, 5.41) is 6.40. The molecule has 0 aliphatic rings. The van der Waals surface area contributed by atoms with E-state index in [0.29, 0.717) is 10.6 Å². The van der Waals surface area contributed by atoms with Crippen molar-refractivity contribution in [1.82, 2.24) is 5.32 Å². The zero-order valence-corrected chi connectivity index (χ0v) is 13.5. The highest BCUT2D eigenvalue weighted by molar-refractivity contribution is 7.12. The molecule has 7 nitrogen and oxygen atoms in total. The summed E-state index contributed by atoms with van der Waals surface area (Å²) in [4.78, 5) is 46.4. The maximum Gasteiger partial charge on any atom is 0.338 e. The Morgan fingerprint density at radius 2 is 1.79 bits per heavy atom. The minimum Gasteiger partial charge on any atom is -0.452 e. The summed E-state index contributed by atoms with van der Waals surface area (Å²) in [7, 11) is 0. The molecular weight excluding hydrogens is 332 g/mol. The highest BCUT2D eigenvalue weighted by Gasteiger charge is 2.14. The van der Waals surface area contributed by atoms with E-state index in [-0.39, 0.29) is 11.5 Å². The van der Waals surface area contributed by atoms with Crippen LogP contribution in [0.5, 0.6) is 0 Å². The molecular formula is C16H14N2O5S. The number of benzene rings is 1. The summed E-state index contributed by atoms with van der Waals surface area (Å²) in [6.45, 7) is 0.807. The Balaban J connectivity index is 1.82. The van der Waals surface area contributed by atoms with Crippen LogP contribution >= 0.6 is 11.3 Å². The molecule has 0 unspecified atom stereocenters. The van der Waals surface area contributed by atoms with Crippen LogP contribution in [0, 0.1) is 0 Å². The Morgan fingerprint density at radius 3 is 2.38 bits per heavy atom. The monoisotopic (exact) mass is 346 g/mol. The van der Waals surface area contributed by atoms with E-state index >= 15 is 0 Å². The standard InChI is InChI=1S/C16H14N2O5S/c1-10(19)17-12-6-4-11(5-7-12)16(22)23-9-14(20)18-15(21)13-3-2-8-24-13/h2-8H,9H2,1H3,(H,17,19)(H,18,20,21). The van der Waals surface area contributed by atoms with Crippen LogP contribution in [0.4, 0.5) is 5.69 Å². The third-order valence-corrected chi connectivity index (χ3v) is 3.64. The maximum atomic E-state index is 11.8. The quantitative estimate of drug-likeness (QED) is 0.804. The Morgan fingerprint density at radius 1 is 1.08 bits per heavy atom. The molecule has 2 aromatic rings. The van der Waals surface area contributed by atoms with Crippen molar-refractivity contribution >= 4 is 40.7 Å². The van der Waals surface area contributed by atoms with Crippen molar-refractivity contribution in [2.24, 2.45) is 0 Å². The molecule has 1 aromatic heterocycles. The van der Waals surface area contributed by atoms with E-state index in [1.807, 2.05) is 0 Å². The van der Waals surface area contributed by atoms with Gasteiger partial charge in [-0.05, 0) is 35.7 Å². The number of rotatable bonds is 5. The molecule has 8 heteroatoms. The van der Waals surface area contributed by atoms with E-state index in [2.05, 4.69) is 10.6 Å². The molecule has 24 heavy (non-hydrogen) atoms. The number of carbonyl (C=O) groups excluding carboxylic acids is 4. The summed E-state index contributed by atoms with van der Waals surface area (Å²) < 4.78 is 4.84. The first kappa shape index (κ1) is 17.4. The van der Waals surface area contributed by atoms with Crippen molar-refractivity contribution in [3.63, 3.8) is 0 Å². The van der Waals surface area contributed by atoms with Crippen LogP contribution in [0.15, 0.2) is 41.8 Å². The summed E-state index contributed by atoms with van der Waals surface area (Å²) in [6.07, 6.45) is 0. The van der Waals surface area contributed by atoms with Crippen LogP contribution < -0.4 is 10.6 Å². The van der Waals surface area contributed by atoms with Gasteiger partial charge < -0.3 is 10.1 Å². The smallest absolute Gasteiger partial charge is 0.338 e. The fraction of sp³-hybridized carbons (Fsp3) is 0.125. The van der Waals surface area contributed by atoms with E-state index in [4.69, 9.17) is 4.74 Å². The number of hydrogen-bond donors (Lipinski definition) is 2. The maximum absolute atomic E-state index is 11.8. The molecule has 124 valence electrons. The van der Waals surface area contributed by atoms with Gasteiger partial charge in [0.1, 0.15) is 0 Å². The third kappa shape index (κ3) is 5.03. The lowest BCUT2D eigenvalue weighted by Gasteiger charge is -2.06. The Labute approximate surface area is 141 Å². The highest BCUT2D eigenvalue weighted by atomic mass is 32.1. The number of thiophene rings is 1. The van der Waals surface area contributed by atoms with Crippen LogP contribution in [0.1, 0.15) is 27.0 Å². The molecule has 3 amide bonds. The molecule has 0 fully saturated rings. The van der Waals surface area contributed by atoms with Crippen molar-refractivity contribution in [2.75, 3.05) is 11.9 Å². The van der Waals surface area contributed by atoms with Gasteiger partial charge in [0.2, 0.25) is 5.91 Å². The van der Waals surface area contributed by atoms with Gasteiger partial charge in [-0.2, -0.15) is 0 Å². The van der Waals surface area contributed by atoms with E-state index in [9.17, 15) is 19.2 Å². The van der Waals surface area contributed by atoms with Crippen LogP contribution in [0.25, 0.3) is 0 Å². The van der Waals surface area contributed by atoms with Crippen LogP contribution in [0.3, 0.4) is 0 Å². The fourth-order valence-corrected chi connectivity index (χ4v) is 2.36. The van der Waals surface area contributed by atoms with Gasteiger partial charge >= 0.3 is 5.97 Å². The van der Waals surface area contributed by atoms with Crippen LogP contribution in [-0.2, 0) is 14.3 Å². The Kier molecular flexibility index (Phi) is 5.80. The SMILES string of the molecule is CC(=O)Nc1ccc(C(=O)OCC(=O)NC(=O)c2cccs2)cc1. The molecule has 2 rings (SSSR count). The zero-order chi connectivity index (χ0) is 17.5. The third-order valence-electron chi connectivity index (χ3n) is 2.77. The molecule has 1 aromatic carbocycles. The average Bonchev–Trinajstić information content (AvgIpc) is 3.07. The highest BCUT2D eigenvalue weighted by Crippen LogP contribution is 2.10. The van der Waals surface area contributed by atoms with Crippen molar-refractivity contribution in [3.05, 3.63) is 52.2 Å². The van der Waals surface area contributed by atoms with Gasteiger partial charge in [0, 0.05) is 12.6 Å². The number of amides is 3. The summed E-state index contributed by atoms with van der Waals surface area (Å²) in [6, 6.07) is 9.27. The van der Waals surface area contributed by atoms with Gasteiger partial charge in [-0.25, -0.2) is 4.79 Å². The molecule has 0 aliphatic carbocycles. The van der Waals surface area contributed by atoms with Gasteiger partial charge in [0.05, 0.1) is 10.4 Å². The van der Waals surface area contributed by atoms with E-state index in [0.717, 1.165) is 0 Å². The lowest BCUT2D eigenvalue weighted by molar-refractivity contribution is -0.123. The van der Waals surface area contributed by atoms with Gasteiger partial charge in [-0.15, -0.1) is 11.3 Å². The first-order valence-corrected chi connectivity index (χ1v) is 7.76. The Hall–Kier alpha value is -3.00. The fourth-order valence-electron chi connectivity index (χ4n) is 1.74. The number of nitrogens with one attached hydrogen (secondary N) is 2. The molecule has 2 N–H and O–H groups in total. The molecule has 0 bridgehead atoms. The Bertz CT molecular complexity index is 753. The number of hydrogen-bond acceptors (Lipinski definition) is 6. The minimum atomic E-state index is -0.711. The molecule has 0 saturated heterocycles. The first-order chi connectivity index (χ1) is 11.5. The summed E-state index contributed by atoms with van der Waals surface area (Å²) in [5.74, 6) is -2.18. The van der Waals surface area contributed by atoms with Crippen molar-refractivity contribution in [3.8, 4) is 0 Å². The predicted molar refractivity (Wildman–Crippen MR) is 87.8 cm³/mol. The second kappa shape index (κ2) is 8.02. The largest absolute Gasteiger partial charge is 0.452 e. The predicted octanol–water partition coefficient (Wildman–Crippen LogP) is 1.82. The summed E-state index contributed by atoms with van der Waals surface area (Å²) in [5.41, 5.74) is 0.764. The summed E-state index contributed by atoms with van der Waals surface area (Å²) >= 11 is 1.20. The number of esters is 1. The molecule has 0 radical (unpaired) electrons. The lowest BCUT2D eigenvalue weighted by Crippen LogP contribution is -2.33. The number of anilines is 1. The van der Waals surface area contributed by atoms with Crippen LogP contribution in [-0.4, -0.2) is 30.3 Å². The van der Waals surface area contributed by atoms with Crippen molar-refractivity contribution < 1.29 is 23.9 Å². The van der Waals surface area contributed by atoms with Gasteiger partial charge in [-0.3, -0.25) is 19.7 Å². The normalized spacial score (nSPS) is 9.88. The number of imide groups is 1. The van der Waals surface area contributed by atoms with Gasteiger partial charge in [0.25, 0.3) is 11.8 Å². The van der Waals surface area contributed by atoms with Gasteiger partial charge in [0.15, 0.2) is 6.61 Å². The van der Waals surface area contributed by atoms with E-state index < -0.39 is 24.4 Å². The van der Waals surface area contributed by atoms with E-state index in [1.54, 1.807) is 29.6 Å². The van der Waals surface area contributed by atoms with Crippen molar-refractivity contribution in [1.29, 1.82) is 0 Å². The molecule has 0 spiro atoms. The average molecular weight is 346 g/mol. The topological polar surface area (TPSA) is 102 Å². The van der Waals surface area contributed by atoms with E-state index in [1.165, 1.54) is 30.4 Å².